The molecule has 0 bridgehead atoms. The first-order chi connectivity index (χ1) is 11.7. The number of aliphatic hydroxyl groups excluding tert-OH is 1. The van der Waals surface area contributed by atoms with E-state index in [1.165, 1.54) is 32.1 Å². The summed E-state index contributed by atoms with van der Waals surface area (Å²) in [6, 6.07) is 5.83. The van der Waals surface area contributed by atoms with Crippen molar-refractivity contribution in [1.82, 2.24) is 4.90 Å². The quantitative estimate of drug-likeness (QED) is 0.825. The predicted molar refractivity (Wildman–Crippen MR) is 98.7 cm³/mol. The van der Waals surface area contributed by atoms with E-state index in [1.54, 1.807) is 7.11 Å². The van der Waals surface area contributed by atoms with Crippen LogP contribution in [0.3, 0.4) is 0 Å². The molecule has 0 aromatic heterocycles. The lowest BCUT2D eigenvalue weighted by atomic mass is 10.1. The number of likely N-dealkylation sites (tertiary alicyclic amines) is 1. The fourth-order valence-electron chi connectivity index (χ4n) is 3.13. The molecule has 1 saturated heterocycles. The van der Waals surface area contributed by atoms with Crippen molar-refractivity contribution >= 4 is 6.08 Å². The molecule has 1 fully saturated rings. The van der Waals surface area contributed by atoms with Crippen LogP contribution >= 0.6 is 0 Å². The standard InChI is InChI=1S/C20H31NO3/c1-3-9-17-10-11-19(20(14-17)23-2)24-16-18(22)15-21-12-7-5-4-6-8-13-21/h3,9-11,14,18,22H,4-8,12-13,15-16H2,1-2H3. The first-order valence-corrected chi connectivity index (χ1v) is 9.07. The van der Waals surface area contributed by atoms with Gasteiger partial charge < -0.3 is 19.5 Å². The van der Waals surface area contributed by atoms with Crippen molar-refractivity contribution in [1.29, 1.82) is 0 Å². The van der Waals surface area contributed by atoms with E-state index in [1.807, 2.05) is 37.3 Å². The number of benzene rings is 1. The minimum absolute atomic E-state index is 0.288. The Balaban J connectivity index is 1.85. The molecule has 0 radical (unpaired) electrons. The molecular formula is C20H31NO3. The summed E-state index contributed by atoms with van der Waals surface area (Å²) in [6.45, 7) is 5.11. The van der Waals surface area contributed by atoms with Crippen LogP contribution in [0.5, 0.6) is 11.5 Å². The zero-order valence-corrected chi connectivity index (χ0v) is 15.0. The number of hydrogen-bond acceptors (Lipinski definition) is 4. The number of β-amino-alcohol motifs (C(OH)–C–C–N with tert-alkyl or cyclic N) is 1. The van der Waals surface area contributed by atoms with Crippen LogP contribution in [-0.4, -0.2) is 49.5 Å². The van der Waals surface area contributed by atoms with Gasteiger partial charge in [0.15, 0.2) is 11.5 Å². The van der Waals surface area contributed by atoms with Crippen LogP contribution < -0.4 is 9.47 Å². The molecule has 1 N–H and O–H groups in total. The van der Waals surface area contributed by atoms with E-state index < -0.39 is 6.10 Å². The highest BCUT2D eigenvalue weighted by molar-refractivity contribution is 5.55. The van der Waals surface area contributed by atoms with Crippen molar-refractivity contribution in [2.24, 2.45) is 0 Å². The van der Waals surface area contributed by atoms with E-state index in [-0.39, 0.29) is 6.61 Å². The summed E-state index contributed by atoms with van der Waals surface area (Å²) in [5, 5.41) is 10.3. The molecule has 0 saturated carbocycles. The van der Waals surface area contributed by atoms with E-state index in [0.29, 0.717) is 18.0 Å². The number of aliphatic hydroxyl groups is 1. The van der Waals surface area contributed by atoms with Gasteiger partial charge in [0.25, 0.3) is 0 Å². The van der Waals surface area contributed by atoms with Crippen molar-refractivity contribution in [3.05, 3.63) is 29.8 Å². The van der Waals surface area contributed by atoms with Gasteiger partial charge in [0, 0.05) is 6.54 Å². The smallest absolute Gasteiger partial charge is 0.161 e. The SMILES string of the molecule is CC=Cc1ccc(OCC(O)CN2CCCCCCC2)c(OC)c1. The van der Waals surface area contributed by atoms with Gasteiger partial charge in [-0.3, -0.25) is 0 Å². The van der Waals surface area contributed by atoms with Gasteiger partial charge >= 0.3 is 0 Å². The van der Waals surface area contributed by atoms with Crippen LogP contribution in [-0.2, 0) is 0 Å². The van der Waals surface area contributed by atoms with Crippen LogP contribution in [0.4, 0.5) is 0 Å². The van der Waals surface area contributed by atoms with Crippen molar-refractivity contribution in [2.75, 3.05) is 33.4 Å². The largest absolute Gasteiger partial charge is 0.493 e. The number of rotatable bonds is 7. The first kappa shape index (κ1) is 18.8. The lowest BCUT2D eigenvalue weighted by Gasteiger charge is -2.26. The van der Waals surface area contributed by atoms with Gasteiger partial charge in [-0.15, -0.1) is 0 Å². The Kier molecular flexibility index (Phi) is 8.13. The summed E-state index contributed by atoms with van der Waals surface area (Å²) in [7, 11) is 1.64. The van der Waals surface area contributed by atoms with Crippen molar-refractivity contribution in [2.45, 2.75) is 45.1 Å². The van der Waals surface area contributed by atoms with Crippen molar-refractivity contribution in [3.63, 3.8) is 0 Å². The number of nitrogens with zero attached hydrogens (tertiary/aromatic N) is 1. The van der Waals surface area contributed by atoms with Gasteiger partial charge in [0.05, 0.1) is 7.11 Å². The predicted octanol–water partition coefficient (Wildman–Crippen LogP) is 3.73. The van der Waals surface area contributed by atoms with E-state index in [2.05, 4.69) is 4.90 Å². The molecule has 2 rings (SSSR count). The van der Waals surface area contributed by atoms with E-state index in [4.69, 9.17) is 9.47 Å². The van der Waals surface area contributed by atoms with E-state index in [0.717, 1.165) is 18.7 Å². The molecule has 0 spiro atoms. The highest BCUT2D eigenvalue weighted by Crippen LogP contribution is 2.28. The summed E-state index contributed by atoms with van der Waals surface area (Å²) in [5.74, 6) is 1.38. The highest BCUT2D eigenvalue weighted by Gasteiger charge is 2.15. The summed E-state index contributed by atoms with van der Waals surface area (Å²) in [5.41, 5.74) is 1.07. The van der Waals surface area contributed by atoms with Crippen LogP contribution in [0.1, 0.15) is 44.6 Å². The zero-order chi connectivity index (χ0) is 17.2. The summed E-state index contributed by atoms with van der Waals surface area (Å²) in [4.78, 5) is 2.36. The molecule has 1 aliphatic rings. The van der Waals surface area contributed by atoms with Gasteiger partial charge in [0.1, 0.15) is 12.7 Å². The Labute approximate surface area is 146 Å². The van der Waals surface area contributed by atoms with Gasteiger partial charge in [-0.05, 0) is 50.6 Å². The number of ether oxygens (including phenoxy) is 2. The third kappa shape index (κ3) is 6.17. The van der Waals surface area contributed by atoms with Crippen LogP contribution in [0.2, 0.25) is 0 Å². The topological polar surface area (TPSA) is 41.9 Å². The Bertz CT molecular complexity index is 508. The molecule has 1 aliphatic heterocycles. The van der Waals surface area contributed by atoms with Gasteiger partial charge in [-0.2, -0.15) is 0 Å². The van der Waals surface area contributed by atoms with Crippen molar-refractivity contribution in [3.8, 4) is 11.5 Å². The molecule has 0 aliphatic carbocycles. The maximum absolute atomic E-state index is 10.3. The molecule has 1 atom stereocenters. The Morgan fingerprint density at radius 1 is 1.12 bits per heavy atom. The average molecular weight is 333 g/mol. The number of hydrogen-bond donors (Lipinski definition) is 1. The van der Waals surface area contributed by atoms with Crippen LogP contribution in [0, 0.1) is 0 Å². The van der Waals surface area contributed by atoms with E-state index >= 15 is 0 Å². The Morgan fingerprint density at radius 3 is 2.50 bits per heavy atom. The highest BCUT2D eigenvalue weighted by atomic mass is 16.5. The average Bonchev–Trinajstić information content (AvgIpc) is 2.56. The van der Waals surface area contributed by atoms with Gasteiger partial charge in [-0.1, -0.05) is 37.5 Å². The Morgan fingerprint density at radius 2 is 1.83 bits per heavy atom. The molecule has 4 nitrogen and oxygen atoms in total. The second-order valence-corrected chi connectivity index (χ2v) is 6.44. The molecule has 1 aromatic rings. The molecule has 24 heavy (non-hydrogen) atoms. The lowest BCUT2D eigenvalue weighted by molar-refractivity contribution is 0.0645. The first-order valence-electron chi connectivity index (χ1n) is 9.07. The minimum Gasteiger partial charge on any atom is -0.493 e. The van der Waals surface area contributed by atoms with Gasteiger partial charge in [-0.25, -0.2) is 0 Å². The second kappa shape index (κ2) is 10.4. The zero-order valence-electron chi connectivity index (χ0n) is 15.0. The van der Waals surface area contributed by atoms with Crippen LogP contribution in [0.25, 0.3) is 6.08 Å². The minimum atomic E-state index is -0.482. The molecule has 1 unspecified atom stereocenters. The molecule has 0 amide bonds. The van der Waals surface area contributed by atoms with Crippen LogP contribution in [0.15, 0.2) is 24.3 Å². The summed E-state index contributed by atoms with van der Waals surface area (Å²) in [6.07, 6.45) is 9.94. The molecule has 1 aromatic carbocycles. The maximum Gasteiger partial charge on any atom is 0.161 e. The molecule has 4 heteroatoms. The summed E-state index contributed by atoms with van der Waals surface area (Å²) >= 11 is 0. The van der Waals surface area contributed by atoms with Gasteiger partial charge in [0.2, 0.25) is 0 Å². The monoisotopic (exact) mass is 333 g/mol. The normalized spacial score (nSPS) is 18.1. The summed E-state index contributed by atoms with van der Waals surface area (Å²) < 4.78 is 11.2. The second-order valence-electron chi connectivity index (χ2n) is 6.44. The third-order valence-electron chi connectivity index (χ3n) is 4.40. The molecule has 134 valence electrons. The molecule has 1 heterocycles. The number of allylic oxidation sites excluding steroid dienone is 1. The fourth-order valence-corrected chi connectivity index (χ4v) is 3.13. The fraction of sp³-hybridized carbons (Fsp3) is 0.600. The Hall–Kier alpha value is -1.52. The number of methoxy groups -OCH3 is 1. The third-order valence-corrected chi connectivity index (χ3v) is 4.40. The maximum atomic E-state index is 10.3. The molecular weight excluding hydrogens is 302 g/mol. The lowest BCUT2D eigenvalue weighted by Crippen LogP contribution is -2.37. The van der Waals surface area contributed by atoms with Crippen molar-refractivity contribution < 1.29 is 14.6 Å². The van der Waals surface area contributed by atoms with E-state index in [9.17, 15) is 5.11 Å².